The maximum atomic E-state index is 14.0. The van der Waals surface area contributed by atoms with Crippen LogP contribution < -0.4 is 14.4 Å². The minimum absolute atomic E-state index is 0.0296. The number of hydrogen-bond donors (Lipinski definition) is 1. The van der Waals surface area contributed by atoms with Gasteiger partial charge in [0.05, 0.1) is 17.2 Å². The molecule has 0 bridgehead atoms. The molecule has 0 aliphatic heterocycles. The van der Waals surface area contributed by atoms with Crippen LogP contribution in [0, 0.1) is 13.8 Å². The highest BCUT2D eigenvalue weighted by Crippen LogP contribution is 2.26. The van der Waals surface area contributed by atoms with Gasteiger partial charge in [-0.05, 0) is 83.0 Å². The largest absolute Gasteiger partial charge is 0.494 e. The van der Waals surface area contributed by atoms with Gasteiger partial charge in [-0.3, -0.25) is 13.9 Å². The molecule has 3 aromatic carbocycles. The van der Waals surface area contributed by atoms with Crippen LogP contribution in [-0.4, -0.2) is 50.4 Å². The molecule has 0 saturated heterocycles. The lowest BCUT2D eigenvalue weighted by atomic mass is 10.1. The summed E-state index contributed by atoms with van der Waals surface area (Å²) in [7, 11) is -4.14. The number of sulfonamides is 1. The summed E-state index contributed by atoms with van der Waals surface area (Å²) in [5, 5.41) is 2.95. The van der Waals surface area contributed by atoms with Crippen LogP contribution in [0.1, 0.15) is 50.8 Å². The number of aryl methyl sites for hydroxylation is 2. The molecule has 0 heterocycles. The molecule has 1 N–H and O–H groups in total. The first kappa shape index (κ1) is 31.7. The van der Waals surface area contributed by atoms with Crippen LogP contribution in [0.3, 0.4) is 0 Å². The average Bonchev–Trinajstić information content (AvgIpc) is 2.96. The molecule has 0 radical (unpaired) electrons. The van der Waals surface area contributed by atoms with E-state index in [0.717, 1.165) is 27.4 Å². The molecule has 0 spiro atoms. The smallest absolute Gasteiger partial charge is 0.264 e. The monoisotopic (exact) mass is 579 g/mol. The van der Waals surface area contributed by atoms with Crippen molar-refractivity contribution >= 4 is 27.5 Å². The number of hydrogen-bond acceptors (Lipinski definition) is 5. The Morgan fingerprint density at radius 3 is 1.95 bits per heavy atom. The molecule has 3 aromatic rings. The van der Waals surface area contributed by atoms with E-state index in [1.54, 1.807) is 43.3 Å². The Hall–Kier alpha value is -3.85. The van der Waals surface area contributed by atoms with E-state index >= 15 is 0 Å². The van der Waals surface area contributed by atoms with Crippen LogP contribution in [0.4, 0.5) is 5.69 Å². The quantitative estimate of drug-likeness (QED) is 0.299. The van der Waals surface area contributed by atoms with Gasteiger partial charge in [0.2, 0.25) is 11.8 Å². The van der Waals surface area contributed by atoms with E-state index in [1.807, 2.05) is 58.9 Å². The zero-order valence-electron chi connectivity index (χ0n) is 24.8. The number of carbonyl (C=O) groups excluding carboxylic acids is 2. The van der Waals surface area contributed by atoms with Crippen LogP contribution in [0.25, 0.3) is 0 Å². The van der Waals surface area contributed by atoms with Gasteiger partial charge in [-0.15, -0.1) is 0 Å². The zero-order chi connectivity index (χ0) is 30.2. The molecule has 2 atom stereocenters. The topological polar surface area (TPSA) is 96.0 Å². The minimum Gasteiger partial charge on any atom is -0.494 e. The van der Waals surface area contributed by atoms with E-state index < -0.39 is 28.5 Å². The van der Waals surface area contributed by atoms with Crippen LogP contribution in [0.2, 0.25) is 0 Å². The highest BCUT2D eigenvalue weighted by atomic mass is 32.2. The molecule has 3 rings (SSSR count). The molecule has 0 aromatic heterocycles. The Kier molecular flexibility index (Phi) is 10.9. The first-order valence-corrected chi connectivity index (χ1v) is 15.4. The molecule has 0 saturated carbocycles. The van der Waals surface area contributed by atoms with E-state index in [2.05, 4.69) is 5.32 Å². The SMILES string of the molecule is CCOc1ccc(S(=O)(=O)N(CC(=O)N(Cc2ccc(C)cc2)[C@@H](C)C(=O)N[C@H](C)CC)c2ccc(C)cc2)cc1. The Morgan fingerprint density at radius 1 is 0.854 bits per heavy atom. The molecule has 8 nitrogen and oxygen atoms in total. The lowest BCUT2D eigenvalue weighted by molar-refractivity contribution is -0.139. The Bertz CT molecular complexity index is 1410. The van der Waals surface area contributed by atoms with Crippen molar-refractivity contribution in [2.45, 2.75) is 71.5 Å². The second kappa shape index (κ2) is 14.2. The van der Waals surface area contributed by atoms with Gasteiger partial charge in [-0.2, -0.15) is 0 Å². The number of rotatable bonds is 13. The molecule has 9 heteroatoms. The second-order valence-electron chi connectivity index (χ2n) is 10.3. The summed E-state index contributed by atoms with van der Waals surface area (Å²) in [4.78, 5) is 28.6. The minimum atomic E-state index is -4.14. The van der Waals surface area contributed by atoms with E-state index in [0.29, 0.717) is 18.0 Å². The number of amides is 2. The third-order valence-corrected chi connectivity index (χ3v) is 8.75. The van der Waals surface area contributed by atoms with E-state index in [1.165, 1.54) is 17.0 Å². The van der Waals surface area contributed by atoms with Crippen LogP contribution in [0.5, 0.6) is 5.75 Å². The summed E-state index contributed by atoms with van der Waals surface area (Å²) in [6.07, 6.45) is 0.742. The molecule has 0 fully saturated rings. The third-order valence-electron chi connectivity index (χ3n) is 6.97. The summed E-state index contributed by atoms with van der Waals surface area (Å²) in [5.74, 6) is -0.238. The zero-order valence-corrected chi connectivity index (χ0v) is 25.6. The number of anilines is 1. The molecular weight excluding hydrogens is 538 g/mol. The first-order valence-electron chi connectivity index (χ1n) is 13.9. The van der Waals surface area contributed by atoms with Gasteiger partial charge in [0.1, 0.15) is 18.3 Å². The van der Waals surface area contributed by atoms with Crippen molar-refractivity contribution in [1.82, 2.24) is 10.2 Å². The van der Waals surface area contributed by atoms with E-state index in [4.69, 9.17) is 4.74 Å². The van der Waals surface area contributed by atoms with Gasteiger partial charge < -0.3 is 15.0 Å². The van der Waals surface area contributed by atoms with Crippen molar-refractivity contribution in [3.05, 3.63) is 89.5 Å². The number of benzene rings is 3. The van der Waals surface area contributed by atoms with Gasteiger partial charge in [-0.25, -0.2) is 8.42 Å². The van der Waals surface area contributed by atoms with Crippen molar-refractivity contribution in [3.8, 4) is 5.75 Å². The average molecular weight is 580 g/mol. The van der Waals surface area contributed by atoms with E-state index in [-0.39, 0.29) is 23.4 Å². The third kappa shape index (κ3) is 8.33. The molecule has 0 unspecified atom stereocenters. The van der Waals surface area contributed by atoms with Gasteiger partial charge in [0, 0.05) is 12.6 Å². The molecule has 220 valence electrons. The summed E-state index contributed by atoms with van der Waals surface area (Å²) in [6.45, 7) is 11.4. The fourth-order valence-corrected chi connectivity index (χ4v) is 5.59. The number of carbonyl (C=O) groups is 2. The molecular formula is C32H41N3O5S. The molecule has 41 heavy (non-hydrogen) atoms. The Balaban J connectivity index is 2.01. The first-order chi connectivity index (χ1) is 19.5. The lowest BCUT2D eigenvalue weighted by Crippen LogP contribution is -2.52. The molecule has 0 aliphatic carbocycles. The van der Waals surface area contributed by atoms with Gasteiger partial charge >= 0.3 is 0 Å². The Labute approximate surface area is 244 Å². The van der Waals surface area contributed by atoms with Crippen LogP contribution >= 0.6 is 0 Å². The van der Waals surface area contributed by atoms with Gasteiger partial charge in [0.25, 0.3) is 10.0 Å². The predicted octanol–water partition coefficient (Wildman–Crippen LogP) is 5.23. The number of nitrogens with zero attached hydrogens (tertiary/aromatic N) is 2. The van der Waals surface area contributed by atoms with Gasteiger partial charge in [0.15, 0.2) is 0 Å². The fourth-order valence-electron chi connectivity index (χ4n) is 4.18. The number of nitrogens with one attached hydrogen (secondary N) is 1. The fraction of sp³-hybridized carbons (Fsp3) is 0.375. The predicted molar refractivity (Wildman–Crippen MR) is 162 cm³/mol. The normalized spacial score (nSPS) is 12.7. The van der Waals surface area contributed by atoms with E-state index in [9.17, 15) is 18.0 Å². The summed E-state index contributed by atoms with van der Waals surface area (Å²) in [5.41, 5.74) is 3.21. The van der Waals surface area contributed by atoms with Crippen molar-refractivity contribution < 1.29 is 22.7 Å². The molecule has 0 aliphatic rings. The van der Waals surface area contributed by atoms with Crippen molar-refractivity contribution in [2.75, 3.05) is 17.5 Å². The summed E-state index contributed by atoms with van der Waals surface area (Å²) >= 11 is 0. The highest BCUT2D eigenvalue weighted by Gasteiger charge is 2.32. The van der Waals surface area contributed by atoms with Crippen LogP contribution in [-0.2, 0) is 26.2 Å². The summed E-state index contributed by atoms with van der Waals surface area (Å²) < 4.78 is 34.5. The maximum Gasteiger partial charge on any atom is 0.264 e. The highest BCUT2D eigenvalue weighted by molar-refractivity contribution is 7.92. The van der Waals surface area contributed by atoms with Crippen LogP contribution in [0.15, 0.2) is 77.7 Å². The Morgan fingerprint density at radius 2 is 1.41 bits per heavy atom. The second-order valence-corrected chi connectivity index (χ2v) is 12.1. The van der Waals surface area contributed by atoms with Crippen molar-refractivity contribution in [3.63, 3.8) is 0 Å². The standard InChI is InChI=1S/C32H41N3O5S/c1-7-25(5)33-32(37)26(6)34(21-27-13-9-23(3)10-14-27)31(36)22-35(28-15-11-24(4)12-16-28)41(38,39)30-19-17-29(18-20-30)40-8-2/h9-20,25-26H,7-8,21-22H2,1-6H3,(H,33,37)/t25-,26+/m1/s1. The summed E-state index contributed by atoms with van der Waals surface area (Å²) in [6, 6.07) is 19.9. The molecule has 2 amide bonds. The number of ether oxygens (including phenoxy) is 1. The lowest BCUT2D eigenvalue weighted by Gasteiger charge is -2.32. The van der Waals surface area contributed by atoms with Gasteiger partial charge in [-0.1, -0.05) is 54.4 Å². The van der Waals surface area contributed by atoms with Crippen molar-refractivity contribution in [2.24, 2.45) is 0 Å². The maximum absolute atomic E-state index is 14.0. The van der Waals surface area contributed by atoms with Crippen molar-refractivity contribution in [1.29, 1.82) is 0 Å².